The molecule has 4 nitrogen and oxygen atoms in total. The van der Waals surface area contributed by atoms with Crippen LogP contribution in [0.3, 0.4) is 0 Å². The Morgan fingerprint density at radius 3 is 2.39 bits per heavy atom. The molecule has 0 atom stereocenters. The molecule has 0 radical (unpaired) electrons. The maximum Gasteiger partial charge on any atom is 0.250 e. The van der Waals surface area contributed by atoms with Crippen molar-refractivity contribution in [2.45, 2.75) is 42.0 Å². The minimum Gasteiger partial charge on any atom is -0.328 e. The Bertz CT molecular complexity index is 482. The molecule has 1 aliphatic rings. The van der Waals surface area contributed by atoms with Crippen molar-refractivity contribution in [3.05, 3.63) is 16.5 Å². The van der Waals surface area contributed by atoms with E-state index < -0.39 is 10.0 Å². The lowest BCUT2D eigenvalue weighted by Crippen LogP contribution is -2.40. The van der Waals surface area contributed by atoms with Crippen LogP contribution in [0.1, 0.15) is 25.7 Å². The fourth-order valence-corrected chi connectivity index (χ4v) is 4.76. The third-order valence-electron chi connectivity index (χ3n) is 2.91. The Morgan fingerprint density at radius 1 is 1.28 bits per heavy atom. The van der Waals surface area contributed by atoms with Gasteiger partial charge in [-0.1, -0.05) is 11.6 Å². The first-order valence-corrected chi connectivity index (χ1v) is 8.18. The number of hydrogen-bond donors (Lipinski definition) is 2. The standard InChI is InChI=1S/C10H15ClN2O2S2.ClH/c11-9-5-6-10(16-9)17(14,15)13-8-3-1-7(12)2-4-8;/h5-8,13H,1-4,12H2;1H. The normalized spacial score (nSPS) is 24.6. The lowest BCUT2D eigenvalue weighted by atomic mass is 9.93. The lowest BCUT2D eigenvalue weighted by Gasteiger charge is -2.26. The molecule has 8 heteroatoms. The van der Waals surface area contributed by atoms with Crippen LogP contribution in [0.25, 0.3) is 0 Å². The molecule has 104 valence electrons. The van der Waals surface area contributed by atoms with Crippen molar-refractivity contribution < 1.29 is 8.42 Å². The number of nitrogens with two attached hydrogens (primary N) is 1. The van der Waals surface area contributed by atoms with Gasteiger partial charge in [-0.3, -0.25) is 0 Å². The van der Waals surface area contributed by atoms with Gasteiger partial charge in [0.15, 0.2) is 0 Å². The van der Waals surface area contributed by atoms with Crippen molar-refractivity contribution in [1.29, 1.82) is 0 Å². The molecule has 1 saturated carbocycles. The molecule has 1 heterocycles. The van der Waals surface area contributed by atoms with Crippen LogP contribution in [0.5, 0.6) is 0 Å². The zero-order chi connectivity index (χ0) is 12.5. The average molecular weight is 331 g/mol. The van der Waals surface area contributed by atoms with E-state index in [1.165, 1.54) is 6.07 Å². The summed E-state index contributed by atoms with van der Waals surface area (Å²) < 4.78 is 27.5. The van der Waals surface area contributed by atoms with Gasteiger partial charge in [-0.2, -0.15) is 0 Å². The summed E-state index contributed by atoms with van der Waals surface area (Å²) in [6, 6.07) is 3.34. The SMILES string of the molecule is Cl.NC1CCC(NS(=O)(=O)c2ccc(Cl)s2)CC1. The number of nitrogens with one attached hydrogen (secondary N) is 1. The van der Waals surface area contributed by atoms with Crippen LogP contribution in [0, 0.1) is 0 Å². The third kappa shape index (κ3) is 4.08. The molecule has 18 heavy (non-hydrogen) atoms. The summed E-state index contributed by atoms with van der Waals surface area (Å²) in [6.07, 6.45) is 3.36. The molecule has 0 aliphatic heterocycles. The maximum absolute atomic E-state index is 12.0. The van der Waals surface area contributed by atoms with Gasteiger partial charge in [-0.15, -0.1) is 23.7 Å². The maximum atomic E-state index is 12.0. The van der Waals surface area contributed by atoms with E-state index in [1.54, 1.807) is 6.07 Å². The van der Waals surface area contributed by atoms with Gasteiger partial charge in [0.1, 0.15) is 4.21 Å². The van der Waals surface area contributed by atoms with Crippen molar-refractivity contribution in [2.75, 3.05) is 0 Å². The van der Waals surface area contributed by atoms with Crippen molar-refractivity contribution in [1.82, 2.24) is 4.72 Å². The first-order chi connectivity index (χ1) is 7.97. The van der Waals surface area contributed by atoms with Gasteiger partial charge in [0.25, 0.3) is 0 Å². The molecule has 0 bridgehead atoms. The Hall–Kier alpha value is 0.150. The van der Waals surface area contributed by atoms with Crippen LogP contribution in [0.4, 0.5) is 0 Å². The molecular weight excluding hydrogens is 315 g/mol. The van der Waals surface area contributed by atoms with Gasteiger partial charge in [0.2, 0.25) is 10.0 Å². The highest BCUT2D eigenvalue weighted by molar-refractivity contribution is 7.91. The van der Waals surface area contributed by atoms with E-state index in [4.69, 9.17) is 17.3 Å². The van der Waals surface area contributed by atoms with Gasteiger partial charge in [0.05, 0.1) is 4.34 Å². The summed E-state index contributed by atoms with van der Waals surface area (Å²) in [4.78, 5) is 0. The molecule has 0 spiro atoms. The Labute approximate surface area is 122 Å². The summed E-state index contributed by atoms with van der Waals surface area (Å²) in [5, 5.41) is 0. The summed E-state index contributed by atoms with van der Waals surface area (Å²) in [6.45, 7) is 0. The molecule has 1 aliphatic carbocycles. The summed E-state index contributed by atoms with van der Waals surface area (Å²) in [5.41, 5.74) is 5.78. The quantitative estimate of drug-likeness (QED) is 0.893. The molecule has 3 N–H and O–H groups in total. The zero-order valence-corrected chi connectivity index (χ0v) is 12.8. The largest absolute Gasteiger partial charge is 0.328 e. The van der Waals surface area contributed by atoms with Gasteiger partial charge in [0, 0.05) is 12.1 Å². The van der Waals surface area contributed by atoms with Gasteiger partial charge < -0.3 is 5.73 Å². The molecule has 2 rings (SSSR count). The molecule has 1 fully saturated rings. The van der Waals surface area contributed by atoms with E-state index in [1.807, 2.05) is 0 Å². The highest BCUT2D eigenvalue weighted by Crippen LogP contribution is 2.26. The molecule has 0 unspecified atom stereocenters. The summed E-state index contributed by atoms with van der Waals surface area (Å²) in [5.74, 6) is 0. The highest BCUT2D eigenvalue weighted by Gasteiger charge is 2.25. The topological polar surface area (TPSA) is 72.2 Å². The van der Waals surface area contributed by atoms with Gasteiger partial charge in [-0.25, -0.2) is 13.1 Å². The molecule has 1 aromatic rings. The van der Waals surface area contributed by atoms with Crippen LogP contribution in [-0.4, -0.2) is 20.5 Å². The second-order valence-corrected chi connectivity index (χ2v) is 7.95. The number of hydrogen-bond acceptors (Lipinski definition) is 4. The monoisotopic (exact) mass is 330 g/mol. The predicted octanol–water partition coefficient (Wildman–Crippen LogP) is 2.37. The van der Waals surface area contributed by atoms with Crippen LogP contribution in [0.2, 0.25) is 4.34 Å². The van der Waals surface area contributed by atoms with Crippen LogP contribution < -0.4 is 10.5 Å². The van der Waals surface area contributed by atoms with Crippen molar-refractivity contribution in [3.8, 4) is 0 Å². The molecule has 0 saturated heterocycles. The third-order valence-corrected chi connectivity index (χ3v) is 6.15. The van der Waals surface area contributed by atoms with Crippen LogP contribution in [-0.2, 0) is 10.0 Å². The zero-order valence-electron chi connectivity index (χ0n) is 9.63. The lowest BCUT2D eigenvalue weighted by molar-refractivity contribution is 0.374. The van der Waals surface area contributed by atoms with E-state index >= 15 is 0 Å². The molecule has 0 amide bonds. The Morgan fingerprint density at radius 2 is 1.89 bits per heavy atom. The fraction of sp³-hybridized carbons (Fsp3) is 0.600. The van der Waals surface area contributed by atoms with Crippen molar-refractivity contribution in [2.24, 2.45) is 5.73 Å². The van der Waals surface area contributed by atoms with Crippen LogP contribution in [0.15, 0.2) is 16.3 Å². The van der Waals surface area contributed by atoms with Gasteiger partial charge >= 0.3 is 0 Å². The van der Waals surface area contributed by atoms with Crippen molar-refractivity contribution in [3.63, 3.8) is 0 Å². The first-order valence-electron chi connectivity index (χ1n) is 5.50. The molecule has 0 aromatic carbocycles. The van der Waals surface area contributed by atoms with Crippen LogP contribution >= 0.6 is 35.3 Å². The van der Waals surface area contributed by atoms with Crippen molar-refractivity contribution >= 4 is 45.4 Å². The van der Waals surface area contributed by atoms with E-state index in [0.29, 0.717) is 4.34 Å². The summed E-state index contributed by atoms with van der Waals surface area (Å²) >= 11 is 6.81. The minimum atomic E-state index is -3.41. The molecule has 1 aromatic heterocycles. The number of sulfonamides is 1. The van der Waals surface area contributed by atoms with E-state index in [0.717, 1.165) is 37.0 Å². The van der Waals surface area contributed by atoms with E-state index in [-0.39, 0.29) is 28.7 Å². The first kappa shape index (κ1) is 16.2. The number of thiophene rings is 1. The highest BCUT2D eigenvalue weighted by atomic mass is 35.5. The Balaban J connectivity index is 0.00000162. The van der Waals surface area contributed by atoms with E-state index in [2.05, 4.69) is 4.72 Å². The Kier molecular flexibility index (Phi) is 5.89. The average Bonchev–Trinajstić information content (AvgIpc) is 2.69. The predicted molar refractivity (Wildman–Crippen MR) is 77.1 cm³/mol. The smallest absolute Gasteiger partial charge is 0.250 e. The number of rotatable bonds is 3. The second-order valence-electron chi connectivity index (χ2n) is 4.29. The summed E-state index contributed by atoms with van der Waals surface area (Å²) in [7, 11) is -3.41. The molecular formula is C10H16Cl2N2O2S2. The fourth-order valence-electron chi connectivity index (χ4n) is 1.96. The second kappa shape index (κ2) is 6.54. The van der Waals surface area contributed by atoms with E-state index in [9.17, 15) is 8.42 Å². The van der Waals surface area contributed by atoms with Gasteiger partial charge in [-0.05, 0) is 37.8 Å². The number of halogens is 2. The minimum absolute atomic E-state index is 0.